The molecule has 1 heterocycles. The van der Waals surface area contributed by atoms with Crippen molar-refractivity contribution in [1.29, 1.82) is 0 Å². The van der Waals surface area contributed by atoms with E-state index in [1.807, 2.05) is 12.1 Å². The van der Waals surface area contributed by atoms with Crippen LogP contribution in [0.25, 0.3) is 0 Å². The number of carbonyl (C=O) groups excluding carboxylic acids is 1. The van der Waals surface area contributed by atoms with Crippen molar-refractivity contribution in [3.8, 4) is 0 Å². The number of sulfone groups is 1. The normalized spacial score (nSPS) is 17.7. The van der Waals surface area contributed by atoms with E-state index in [9.17, 15) is 23.3 Å². The number of nitrogens with one attached hydrogen (secondary N) is 1. The molecule has 0 saturated carbocycles. The van der Waals surface area contributed by atoms with Crippen molar-refractivity contribution < 1.29 is 18.1 Å². The average Bonchev–Trinajstić information content (AvgIpc) is 3.05. The standard InChI is InChI=1S/C19H20ClN3O5S/c1-22(15-8-9-29(27,28)12-15)19(24)13-6-7-17(18(10-13)23(25)26)21-11-14-4-2-3-5-16(14)20/h2-7,10,15,21H,8-9,11-12H2,1H3. The zero-order valence-corrected chi connectivity index (χ0v) is 17.2. The third-order valence-electron chi connectivity index (χ3n) is 4.94. The van der Waals surface area contributed by atoms with Crippen LogP contribution in [-0.4, -0.2) is 48.7 Å². The van der Waals surface area contributed by atoms with Gasteiger partial charge in [0.25, 0.3) is 11.6 Å². The Bertz CT molecular complexity index is 1060. The minimum Gasteiger partial charge on any atom is -0.375 e. The molecule has 1 N–H and O–H groups in total. The van der Waals surface area contributed by atoms with Crippen molar-refractivity contribution in [1.82, 2.24) is 4.90 Å². The summed E-state index contributed by atoms with van der Waals surface area (Å²) in [5.41, 5.74) is 0.936. The predicted octanol–water partition coefficient (Wildman–Crippen LogP) is 3.12. The maximum Gasteiger partial charge on any atom is 0.293 e. The van der Waals surface area contributed by atoms with Gasteiger partial charge in [0.15, 0.2) is 9.84 Å². The molecule has 0 bridgehead atoms. The molecule has 2 aromatic carbocycles. The van der Waals surface area contributed by atoms with Crippen molar-refractivity contribution in [2.24, 2.45) is 0 Å². The third kappa shape index (κ3) is 4.86. The molecule has 1 fully saturated rings. The van der Waals surface area contributed by atoms with E-state index in [2.05, 4.69) is 5.32 Å². The Hall–Kier alpha value is -2.65. The number of nitrogens with zero attached hydrogens (tertiary/aromatic N) is 2. The Balaban J connectivity index is 1.79. The van der Waals surface area contributed by atoms with Crippen LogP contribution in [0.2, 0.25) is 5.02 Å². The van der Waals surface area contributed by atoms with Gasteiger partial charge in [-0.2, -0.15) is 0 Å². The Labute approximate surface area is 173 Å². The van der Waals surface area contributed by atoms with Crippen molar-refractivity contribution in [3.05, 3.63) is 68.7 Å². The van der Waals surface area contributed by atoms with E-state index in [0.29, 0.717) is 11.4 Å². The molecular formula is C19H20ClN3O5S. The van der Waals surface area contributed by atoms with Crippen LogP contribution in [0.4, 0.5) is 11.4 Å². The first-order chi connectivity index (χ1) is 13.7. The highest BCUT2D eigenvalue weighted by molar-refractivity contribution is 7.91. The van der Waals surface area contributed by atoms with Gasteiger partial charge in [-0.1, -0.05) is 29.8 Å². The van der Waals surface area contributed by atoms with E-state index in [-0.39, 0.29) is 35.0 Å². The van der Waals surface area contributed by atoms with Crippen LogP contribution >= 0.6 is 11.6 Å². The summed E-state index contributed by atoms with van der Waals surface area (Å²) in [6.07, 6.45) is 0.365. The molecule has 29 heavy (non-hydrogen) atoms. The lowest BCUT2D eigenvalue weighted by Gasteiger charge is -2.23. The van der Waals surface area contributed by atoms with Gasteiger partial charge < -0.3 is 10.2 Å². The fourth-order valence-electron chi connectivity index (χ4n) is 3.25. The Morgan fingerprint density at radius 3 is 2.66 bits per heavy atom. The molecule has 1 aliphatic rings. The predicted molar refractivity (Wildman–Crippen MR) is 111 cm³/mol. The summed E-state index contributed by atoms with van der Waals surface area (Å²) in [5.74, 6) is -0.498. The summed E-state index contributed by atoms with van der Waals surface area (Å²) in [4.78, 5) is 25.0. The van der Waals surface area contributed by atoms with Crippen LogP contribution in [0, 0.1) is 10.1 Å². The fraction of sp³-hybridized carbons (Fsp3) is 0.316. The zero-order chi connectivity index (χ0) is 21.2. The molecular weight excluding hydrogens is 418 g/mol. The van der Waals surface area contributed by atoms with Gasteiger partial charge in [0.05, 0.1) is 16.4 Å². The van der Waals surface area contributed by atoms with Crippen LogP contribution in [0.5, 0.6) is 0 Å². The van der Waals surface area contributed by atoms with E-state index in [4.69, 9.17) is 11.6 Å². The second kappa shape index (κ2) is 8.38. The summed E-state index contributed by atoms with van der Waals surface area (Å²) in [6, 6.07) is 10.9. The molecule has 1 atom stereocenters. The van der Waals surface area contributed by atoms with Crippen LogP contribution < -0.4 is 5.32 Å². The number of benzene rings is 2. The van der Waals surface area contributed by atoms with E-state index < -0.39 is 26.7 Å². The first-order valence-electron chi connectivity index (χ1n) is 8.91. The molecule has 0 aromatic heterocycles. The van der Waals surface area contributed by atoms with Gasteiger partial charge in [-0.05, 0) is 30.2 Å². The molecule has 0 radical (unpaired) electrons. The smallest absolute Gasteiger partial charge is 0.293 e. The molecule has 3 rings (SSSR count). The molecule has 1 unspecified atom stereocenters. The van der Waals surface area contributed by atoms with E-state index >= 15 is 0 Å². The minimum absolute atomic E-state index is 0.0420. The number of amides is 1. The number of hydrogen-bond donors (Lipinski definition) is 1. The second-order valence-corrected chi connectivity index (χ2v) is 9.54. The quantitative estimate of drug-likeness (QED) is 0.549. The van der Waals surface area contributed by atoms with E-state index in [1.54, 1.807) is 12.1 Å². The van der Waals surface area contributed by atoms with Crippen LogP contribution in [0.1, 0.15) is 22.3 Å². The van der Waals surface area contributed by atoms with Crippen molar-refractivity contribution in [2.75, 3.05) is 23.9 Å². The highest BCUT2D eigenvalue weighted by Gasteiger charge is 2.33. The number of rotatable bonds is 6. The van der Waals surface area contributed by atoms with Gasteiger partial charge in [0.1, 0.15) is 5.69 Å². The summed E-state index contributed by atoms with van der Waals surface area (Å²) >= 11 is 6.11. The summed E-state index contributed by atoms with van der Waals surface area (Å²) < 4.78 is 23.3. The van der Waals surface area contributed by atoms with Crippen molar-refractivity contribution in [3.63, 3.8) is 0 Å². The Morgan fingerprint density at radius 2 is 2.03 bits per heavy atom. The fourth-order valence-corrected chi connectivity index (χ4v) is 5.22. The lowest BCUT2D eigenvalue weighted by Crippen LogP contribution is -2.37. The lowest BCUT2D eigenvalue weighted by molar-refractivity contribution is -0.384. The first-order valence-corrected chi connectivity index (χ1v) is 11.1. The molecule has 0 spiro atoms. The number of nitro benzene ring substituents is 1. The highest BCUT2D eigenvalue weighted by atomic mass is 35.5. The molecule has 2 aromatic rings. The van der Waals surface area contributed by atoms with Crippen molar-refractivity contribution in [2.45, 2.75) is 19.0 Å². The summed E-state index contributed by atoms with van der Waals surface area (Å²) in [7, 11) is -1.63. The largest absolute Gasteiger partial charge is 0.375 e. The number of carbonyl (C=O) groups is 1. The summed E-state index contributed by atoms with van der Waals surface area (Å²) in [5, 5.41) is 15.0. The minimum atomic E-state index is -3.14. The molecule has 154 valence electrons. The van der Waals surface area contributed by atoms with Gasteiger partial charge >= 0.3 is 0 Å². The zero-order valence-electron chi connectivity index (χ0n) is 15.7. The van der Waals surface area contributed by atoms with Gasteiger partial charge in [0, 0.05) is 36.3 Å². The van der Waals surface area contributed by atoms with Gasteiger partial charge in [-0.3, -0.25) is 14.9 Å². The van der Waals surface area contributed by atoms with Crippen LogP contribution in [0.15, 0.2) is 42.5 Å². The lowest BCUT2D eigenvalue weighted by atomic mass is 10.1. The first kappa shape index (κ1) is 21.1. The second-order valence-electron chi connectivity index (χ2n) is 6.91. The molecule has 1 saturated heterocycles. The third-order valence-corrected chi connectivity index (χ3v) is 7.06. The van der Waals surface area contributed by atoms with Gasteiger partial charge in [-0.15, -0.1) is 0 Å². The monoisotopic (exact) mass is 437 g/mol. The van der Waals surface area contributed by atoms with E-state index in [1.165, 1.54) is 30.1 Å². The topological polar surface area (TPSA) is 110 Å². The average molecular weight is 438 g/mol. The molecule has 10 heteroatoms. The van der Waals surface area contributed by atoms with Gasteiger partial charge in [-0.25, -0.2) is 8.42 Å². The number of nitro groups is 1. The summed E-state index contributed by atoms with van der Waals surface area (Å²) in [6.45, 7) is 0.285. The number of anilines is 1. The Morgan fingerprint density at radius 1 is 1.31 bits per heavy atom. The Kier molecular flexibility index (Phi) is 6.09. The van der Waals surface area contributed by atoms with Crippen LogP contribution in [-0.2, 0) is 16.4 Å². The molecule has 0 aliphatic carbocycles. The highest BCUT2D eigenvalue weighted by Crippen LogP contribution is 2.28. The maximum atomic E-state index is 12.7. The maximum absolute atomic E-state index is 12.7. The molecule has 8 nitrogen and oxygen atoms in total. The molecule has 1 aliphatic heterocycles. The SMILES string of the molecule is CN(C(=O)c1ccc(NCc2ccccc2Cl)c([N+](=O)[O-])c1)C1CCS(=O)(=O)C1. The van der Waals surface area contributed by atoms with Crippen LogP contribution in [0.3, 0.4) is 0 Å². The van der Waals surface area contributed by atoms with E-state index in [0.717, 1.165) is 5.56 Å². The van der Waals surface area contributed by atoms with Crippen molar-refractivity contribution >= 4 is 38.7 Å². The number of hydrogen-bond acceptors (Lipinski definition) is 6. The number of halogens is 1. The molecule has 1 amide bonds. The van der Waals surface area contributed by atoms with Gasteiger partial charge in [0.2, 0.25) is 0 Å².